The van der Waals surface area contributed by atoms with Gasteiger partial charge >= 0.3 is 0 Å². The molecule has 1 amide bonds. The average Bonchev–Trinajstić information content (AvgIpc) is 2.84. The fourth-order valence-electron chi connectivity index (χ4n) is 2.98. The third-order valence-corrected chi connectivity index (χ3v) is 6.31. The molecule has 23 heavy (non-hydrogen) atoms. The topological polar surface area (TPSA) is 89.0 Å². The van der Waals surface area contributed by atoms with E-state index in [1.807, 2.05) is 0 Å². The number of carbonyl (C=O) groups excluding carboxylic acids is 1. The smallest absolute Gasteiger partial charge is 0.235 e. The van der Waals surface area contributed by atoms with E-state index < -0.39 is 21.5 Å². The van der Waals surface area contributed by atoms with Crippen LogP contribution in [-0.2, 0) is 14.6 Å². The van der Waals surface area contributed by atoms with E-state index in [1.54, 1.807) is 12.1 Å². The highest BCUT2D eigenvalue weighted by atomic mass is 32.2. The number of nitrogens with zero attached hydrogens (tertiary/aromatic N) is 2. The predicted octanol–water partition coefficient (Wildman–Crippen LogP) is 2.30. The fourth-order valence-corrected chi connectivity index (χ4v) is 4.90. The molecular formula is C15H19N3O3S2. The number of carbonyl (C=O) groups is 1. The summed E-state index contributed by atoms with van der Waals surface area (Å²) in [6.45, 7) is 0. The van der Waals surface area contributed by atoms with Crippen molar-refractivity contribution in [1.29, 1.82) is 0 Å². The zero-order valence-corrected chi connectivity index (χ0v) is 14.3. The first-order valence-corrected chi connectivity index (χ1v) is 10.2. The number of aromatic nitrogens is 2. The first-order chi connectivity index (χ1) is 11.1. The van der Waals surface area contributed by atoms with Crippen LogP contribution in [0.2, 0.25) is 0 Å². The van der Waals surface area contributed by atoms with E-state index in [0.717, 1.165) is 37.4 Å². The molecule has 8 heteroatoms. The summed E-state index contributed by atoms with van der Waals surface area (Å²) in [5.74, 6) is -0.975. The molecule has 2 aromatic rings. The lowest BCUT2D eigenvalue weighted by Crippen LogP contribution is -2.38. The van der Waals surface area contributed by atoms with Gasteiger partial charge in [0.05, 0.1) is 16.6 Å². The summed E-state index contributed by atoms with van der Waals surface area (Å²) in [5.41, 5.74) is 0.889. The number of nitrogens with one attached hydrogen (secondary N) is 1. The summed E-state index contributed by atoms with van der Waals surface area (Å²) >= 11 is 0.968. The maximum atomic E-state index is 12.5. The Morgan fingerprint density at radius 2 is 1.91 bits per heavy atom. The molecule has 0 spiro atoms. The maximum Gasteiger partial charge on any atom is 0.235 e. The second-order valence-corrected chi connectivity index (χ2v) is 8.39. The van der Waals surface area contributed by atoms with Crippen molar-refractivity contribution in [2.75, 3.05) is 5.75 Å². The van der Waals surface area contributed by atoms with E-state index in [1.165, 1.54) is 18.9 Å². The van der Waals surface area contributed by atoms with E-state index in [2.05, 4.69) is 14.1 Å². The quantitative estimate of drug-likeness (QED) is 0.852. The Hall–Kier alpha value is -1.54. The third kappa shape index (κ3) is 3.87. The molecule has 1 saturated carbocycles. The second kappa shape index (κ2) is 6.92. The van der Waals surface area contributed by atoms with Gasteiger partial charge in [-0.1, -0.05) is 31.7 Å². The van der Waals surface area contributed by atoms with Crippen LogP contribution in [-0.4, -0.2) is 34.9 Å². The van der Waals surface area contributed by atoms with Gasteiger partial charge in [-0.25, -0.2) is 8.42 Å². The Kier molecular flexibility index (Phi) is 4.91. The van der Waals surface area contributed by atoms with Gasteiger partial charge in [-0.3, -0.25) is 4.79 Å². The standard InChI is InChI=1S/C15H19N3O3S2/c19-14(16-11-6-3-1-2-4-7-11)10-23(20,21)13-9-5-8-12-15(13)18-22-17-12/h5,8-9,11H,1-4,6-7,10H2,(H,16,19). The largest absolute Gasteiger partial charge is 0.352 e. The van der Waals surface area contributed by atoms with Crippen LogP contribution in [0.15, 0.2) is 23.1 Å². The highest BCUT2D eigenvalue weighted by molar-refractivity contribution is 7.92. The van der Waals surface area contributed by atoms with E-state index in [4.69, 9.17) is 0 Å². The van der Waals surface area contributed by atoms with Crippen LogP contribution >= 0.6 is 11.7 Å². The van der Waals surface area contributed by atoms with Gasteiger partial charge in [-0.05, 0) is 25.0 Å². The maximum absolute atomic E-state index is 12.5. The van der Waals surface area contributed by atoms with Crippen LogP contribution in [0.25, 0.3) is 11.0 Å². The molecule has 1 fully saturated rings. The molecule has 1 aromatic heterocycles. The molecule has 1 aromatic carbocycles. The van der Waals surface area contributed by atoms with Crippen molar-refractivity contribution < 1.29 is 13.2 Å². The summed E-state index contributed by atoms with van der Waals surface area (Å²) < 4.78 is 33.2. The summed E-state index contributed by atoms with van der Waals surface area (Å²) in [7, 11) is -3.72. The number of hydrogen-bond donors (Lipinski definition) is 1. The van der Waals surface area contributed by atoms with Crippen molar-refractivity contribution in [3.05, 3.63) is 18.2 Å². The van der Waals surface area contributed by atoms with Crippen LogP contribution in [0, 0.1) is 0 Å². The van der Waals surface area contributed by atoms with Gasteiger partial charge in [-0.2, -0.15) is 8.75 Å². The number of sulfone groups is 1. The molecule has 0 bridgehead atoms. The lowest BCUT2D eigenvalue weighted by molar-refractivity contribution is -0.119. The van der Waals surface area contributed by atoms with Crippen molar-refractivity contribution in [2.24, 2.45) is 0 Å². The van der Waals surface area contributed by atoms with Gasteiger partial charge < -0.3 is 5.32 Å². The number of hydrogen-bond acceptors (Lipinski definition) is 6. The Balaban J connectivity index is 1.73. The van der Waals surface area contributed by atoms with Crippen molar-refractivity contribution in [1.82, 2.24) is 14.1 Å². The Labute approximate surface area is 139 Å². The van der Waals surface area contributed by atoms with Crippen molar-refractivity contribution in [3.8, 4) is 0 Å². The first kappa shape index (κ1) is 16.3. The fraction of sp³-hybridized carbons (Fsp3) is 0.533. The van der Waals surface area contributed by atoms with Gasteiger partial charge in [0, 0.05) is 6.04 Å². The normalized spacial score (nSPS) is 17.0. The van der Waals surface area contributed by atoms with E-state index >= 15 is 0 Å². The number of amides is 1. The molecule has 0 saturated heterocycles. The molecule has 0 radical (unpaired) electrons. The number of rotatable bonds is 4. The van der Waals surface area contributed by atoms with Crippen LogP contribution in [0.4, 0.5) is 0 Å². The minimum absolute atomic E-state index is 0.0831. The van der Waals surface area contributed by atoms with Crippen molar-refractivity contribution in [2.45, 2.75) is 49.5 Å². The lowest BCUT2D eigenvalue weighted by atomic mass is 10.1. The van der Waals surface area contributed by atoms with Crippen LogP contribution in [0.1, 0.15) is 38.5 Å². The third-order valence-electron chi connectivity index (χ3n) is 4.13. The molecular weight excluding hydrogens is 334 g/mol. The van der Waals surface area contributed by atoms with Gasteiger partial charge in [-0.15, -0.1) is 0 Å². The van der Waals surface area contributed by atoms with E-state index in [-0.39, 0.29) is 10.9 Å². The summed E-state index contributed by atoms with van der Waals surface area (Å²) in [5, 5.41) is 2.88. The van der Waals surface area contributed by atoms with Crippen LogP contribution in [0.3, 0.4) is 0 Å². The molecule has 124 valence electrons. The summed E-state index contributed by atoms with van der Waals surface area (Å²) in [6, 6.07) is 4.92. The van der Waals surface area contributed by atoms with Gasteiger partial charge in [0.15, 0.2) is 9.84 Å². The van der Waals surface area contributed by atoms with E-state index in [0.29, 0.717) is 11.0 Å². The molecule has 1 aliphatic rings. The monoisotopic (exact) mass is 353 g/mol. The van der Waals surface area contributed by atoms with E-state index in [9.17, 15) is 13.2 Å². The molecule has 0 aliphatic heterocycles. The molecule has 0 atom stereocenters. The Morgan fingerprint density at radius 3 is 2.65 bits per heavy atom. The highest BCUT2D eigenvalue weighted by Crippen LogP contribution is 2.22. The average molecular weight is 353 g/mol. The Bertz CT molecular complexity index is 793. The van der Waals surface area contributed by atoms with Crippen LogP contribution < -0.4 is 5.32 Å². The zero-order chi connectivity index (χ0) is 16.3. The molecule has 1 aliphatic carbocycles. The van der Waals surface area contributed by atoms with Gasteiger partial charge in [0.2, 0.25) is 5.91 Å². The Morgan fingerprint density at radius 1 is 1.17 bits per heavy atom. The predicted molar refractivity (Wildman–Crippen MR) is 89.1 cm³/mol. The first-order valence-electron chi connectivity index (χ1n) is 7.80. The van der Waals surface area contributed by atoms with Crippen molar-refractivity contribution in [3.63, 3.8) is 0 Å². The number of fused-ring (bicyclic) bond motifs is 1. The zero-order valence-electron chi connectivity index (χ0n) is 12.7. The van der Waals surface area contributed by atoms with Crippen LogP contribution in [0.5, 0.6) is 0 Å². The molecule has 3 rings (SSSR count). The molecule has 6 nitrogen and oxygen atoms in total. The molecule has 0 unspecified atom stereocenters. The molecule has 1 N–H and O–H groups in total. The highest BCUT2D eigenvalue weighted by Gasteiger charge is 2.24. The minimum atomic E-state index is -3.72. The SMILES string of the molecule is O=C(CS(=O)(=O)c1cccc2nsnc12)NC1CCCCCC1. The summed E-state index contributed by atoms with van der Waals surface area (Å²) in [4.78, 5) is 12.2. The number of benzene rings is 1. The van der Waals surface area contributed by atoms with Crippen molar-refractivity contribution >= 4 is 38.5 Å². The van der Waals surface area contributed by atoms with Gasteiger partial charge in [0.25, 0.3) is 0 Å². The second-order valence-electron chi connectivity index (χ2n) is 5.90. The summed E-state index contributed by atoms with van der Waals surface area (Å²) in [6.07, 6.45) is 6.39. The lowest BCUT2D eigenvalue weighted by Gasteiger charge is -2.16. The van der Waals surface area contributed by atoms with Gasteiger partial charge in [0.1, 0.15) is 16.8 Å². The molecule has 1 heterocycles. The minimum Gasteiger partial charge on any atom is -0.352 e.